The minimum absolute atomic E-state index is 0.0873. The SMILES string of the molecule is Cn1nc(-c2cc(C(F)(F)F)c(F)c(O)c2F)c2cnc(N3CCN(C(=O)c4ccccc4)CC3)nc21. The second-order valence-electron chi connectivity index (χ2n) is 8.47. The molecule has 0 atom stereocenters. The Morgan fingerprint density at radius 1 is 1.03 bits per heavy atom. The minimum Gasteiger partial charge on any atom is -0.503 e. The van der Waals surface area contributed by atoms with Crippen molar-refractivity contribution in [1.29, 1.82) is 0 Å². The number of aromatic nitrogens is 4. The Morgan fingerprint density at radius 3 is 2.35 bits per heavy atom. The van der Waals surface area contributed by atoms with E-state index in [-0.39, 0.29) is 28.7 Å². The Hall–Kier alpha value is -4.29. The molecule has 0 spiro atoms. The number of anilines is 1. The van der Waals surface area contributed by atoms with E-state index >= 15 is 0 Å². The number of nitrogens with zero attached hydrogens (tertiary/aromatic N) is 6. The number of aromatic hydroxyl groups is 1. The van der Waals surface area contributed by atoms with Crippen molar-refractivity contribution in [2.24, 2.45) is 7.05 Å². The van der Waals surface area contributed by atoms with Gasteiger partial charge in [-0.05, 0) is 18.2 Å². The van der Waals surface area contributed by atoms with Crippen LogP contribution in [0.4, 0.5) is 27.9 Å². The van der Waals surface area contributed by atoms with Gasteiger partial charge in [-0.2, -0.15) is 23.3 Å². The molecule has 8 nitrogen and oxygen atoms in total. The van der Waals surface area contributed by atoms with Gasteiger partial charge in [-0.15, -0.1) is 0 Å². The van der Waals surface area contributed by atoms with Crippen LogP contribution in [-0.2, 0) is 13.2 Å². The number of benzene rings is 2. The molecule has 2 aromatic carbocycles. The molecule has 2 aromatic heterocycles. The number of carbonyl (C=O) groups excluding carboxylic acids is 1. The number of phenols is 1. The van der Waals surface area contributed by atoms with E-state index in [0.717, 1.165) is 0 Å². The van der Waals surface area contributed by atoms with Crippen molar-refractivity contribution < 1.29 is 31.9 Å². The third kappa shape index (κ3) is 4.30. The zero-order valence-corrected chi connectivity index (χ0v) is 19.3. The number of fused-ring (bicyclic) bond motifs is 1. The fourth-order valence-corrected chi connectivity index (χ4v) is 4.25. The molecule has 0 unspecified atom stereocenters. The summed E-state index contributed by atoms with van der Waals surface area (Å²) < 4.78 is 69.6. The summed E-state index contributed by atoms with van der Waals surface area (Å²) in [4.78, 5) is 25.0. The van der Waals surface area contributed by atoms with Crippen LogP contribution < -0.4 is 4.90 Å². The quantitative estimate of drug-likeness (QED) is 0.413. The largest absolute Gasteiger partial charge is 0.503 e. The van der Waals surface area contributed by atoms with E-state index in [2.05, 4.69) is 15.1 Å². The lowest BCUT2D eigenvalue weighted by atomic mass is 10.0. The first kappa shape index (κ1) is 24.4. The van der Waals surface area contributed by atoms with Gasteiger partial charge in [-0.1, -0.05) is 18.2 Å². The Balaban J connectivity index is 1.44. The minimum atomic E-state index is -5.16. The molecule has 1 saturated heterocycles. The van der Waals surface area contributed by atoms with E-state index in [9.17, 15) is 31.9 Å². The molecule has 37 heavy (non-hydrogen) atoms. The number of carbonyl (C=O) groups is 1. The fourth-order valence-electron chi connectivity index (χ4n) is 4.25. The predicted octanol–water partition coefficient (Wildman–Crippen LogP) is 4.00. The lowest BCUT2D eigenvalue weighted by molar-refractivity contribution is -0.140. The summed E-state index contributed by atoms with van der Waals surface area (Å²) in [5.41, 5.74) is -2.05. The number of halogens is 5. The van der Waals surface area contributed by atoms with Crippen LogP contribution in [0, 0.1) is 11.6 Å². The zero-order valence-electron chi connectivity index (χ0n) is 19.3. The number of rotatable bonds is 3. The highest BCUT2D eigenvalue weighted by Gasteiger charge is 2.38. The number of aryl methyl sites for hydroxylation is 1. The summed E-state index contributed by atoms with van der Waals surface area (Å²) in [5, 5.41) is 13.9. The zero-order chi connectivity index (χ0) is 26.5. The third-order valence-electron chi connectivity index (χ3n) is 6.18. The maximum absolute atomic E-state index is 14.7. The van der Waals surface area contributed by atoms with Gasteiger partial charge in [0.2, 0.25) is 5.95 Å². The lowest BCUT2D eigenvalue weighted by Gasteiger charge is -2.34. The number of piperazine rings is 1. The van der Waals surface area contributed by atoms with Gasteiger partial charge in [0, 0.05) is 50.6 Å². The van der Waals surface area contributed by atoms with Crippen molar-refractivity contribution in [2.75, 3.05) is 31.1 Å². The van der Waals surface area contributed by atoms with Gasteiger partial charge in [0.15, 0.2) is 23.0 Å². The maximum Gasteiger partial charge on any atom is 0.419 e. The second-order valence-corrected chi connectivity index (χ2v) is 8.47. The summed E-state index contributed by atoms with van der Waals surface area (Å²) in [6.07, 6.45) is -3.88. The summed E-state index contributed by atoms with van der Waals surface area (Å²) in [5.74, 6) is -5.21. The molecule has 4 aromatic rings. The van der Waals surface area contributed by atoms with Crippen LogP contribution >= 0.6 is 0 Å². The average molecular weight is 518 g/mol. The van der Waals surface area contributed by atoms with E-state index in [1.54, 1.807) is 29.2 Å². The molecular formula is C24H19F5N6O2. The first-order valence-corrected chi connectivity index (χ1v) is 11.1. The number of hydrogen-bond donors (Lipinski definition) is 1. The van der Waals surface area contributed by atoms with Crippen molar-refractivity contribution in [1.82, 2.24) is 24.6 Å². The molecule has 0 bridgehead atoms. The summed E-state index contributed by atoms with van der Waals surface area (Å²) in [6, 6.07) is 9.16. The van der Waals surface area contributed by atoms with Gasteiger partial charge in [-0.25, -0.2) is 18.4 Å². The normalized spacial score (nSPS) is 14.4. The van der Waals surface area contributed by atoms with Crippen molar-refractivity contribution in [3.05, 3.63) is 65.4 Å². The van der Waals surface area contributed by atoms with Crippen molar-refractivity contribution in [2.45, 2.75) is 6.18 Å². The van der Waals surface area contributed by atoms with E-state index in [1.807, 2.05) is 11.0 Å². The van der Waals surface area contributed by atoms with Crippen LogP contribution in [0.5, 0.6) is 5.75 Å². The molecule has 0 radical (unpaired) electrons. The van der Waals surface area contributed by atoms with Gasteiger partial charge in [-0.3, -0.25) is 4.79 Å². The summed E-state index contributed by atoms with van der Waals surface area (Å²) in [7, 11) is 1.46. The number of hydrogen-bond acceptors (Lipinski definition) is 6. The molecule has 192 valence electrons. The fraction of sp³-hybridized carbons (Fsp3) is 0.250. The number of amides is 1. The smallest absolute Gasteiger partial charge is 0.419 e. The van der Waals surface area contributed by atoms with E-state index in [1.165, 1.54) is 17.9 Å². The predicted molar refractivity (Wildman–Crippen MR) is 123 cm³/mol. The van der Waals surface area contributed by atoms with Crippen molar-refractivity contribution >= 4 is 22.9 Å². The first-order chi connectivity index (χ1) is 17.6. The summed E-state index contributed by atoms with van der Waals surface area (Å²) >= 11 is 0. The maximum atomic E-state index is 14.7. The van der Waals surface area contributed by atoms with E-state index < -0.39 is 34.7 Å². The van der Waals surface area contributed by atoms with Crippen LogP contribution in [0.2, 0.25) is 0 Å². The van der Waals surface area contributed by atoms with Gasteiger partial charge in [0.25, 0.3) is 5.91 Å². The molecule has 1 fully saturated rings. The van der Waals surface area contributed by atoms with E-state index in [4.69, 9.17) is 0 Å². The first-order valence-electron chi connectivity index (χ1n) is 11.1. The highest BCUT2D eigenvalue weighted by atomic mass is 19.4. The standard InChI is InChI=1S/C24H19F5N6O2/c1-33-21-15(19(32-33)14-11-16(24(27,28)29)18(26)20(36)17(14)25)12-30-23(31-21)35-9-7-34(8-10-35)22(37)13-5-3-2-4-6-13/h2-6,11-12,36H,7-10H2,1H3. The highest BCUT2D eigenvalue weighted by molar-refractivity contribution is 5.94. The lowest BCUT2D eigenvalue weighted by Crippen LogP contribution is -2.49. The molecule has 1 aliphatic rings. The monoisotopic (exact) mass is 518 g/mol. The Labute approximate surface area is 206 Å². The Morgan fingerprint density at radius 2 is 1.70 bits per heavy atom. The van der Waals surface area contributed by atoms with Gasteiger partial charge in [0.05, 0.1) is 10.9 Å². The molecule has 1 N–H and O–H groups in total. The van der Waals surface area contributed by atoms with Gasteiger partial charge < -0.3 is 14.9 Å². The highest BCUT2D eigenvalue weighted by Crippen LogP contribution is 2.41. The van der Waals surface area contributed by atoms with Gasteiger partial charge >= 0.3 is 6.18 Å². The molecule has 0 aliphatic carbocycles. The molecule has 1 aliphatic heterocycles. The average Bonchev–Trinajstić information content (AvgIpc) is 3.22. The van der Waals surface area contributed by atoms with Crippen LogP contribution in [0.3, 0.4) is 0 Å². The van der Waals surface area contributed by atoms with Crippen molar-refractivity contribution in [3.63, 3.8) is 0 Å². The molecule has 0 saturated carbocycles. The molecule has 5 rings (SSSR count). The van der Waals surface area contributed by atoms with Crippen LogP contribution in [0.1, 0.15) is 15.9 Å². The topological polar surface area (TPSA) is 87.4 Å². The molecular weight excluding hydrogens is 499 g/mol. The van der Waals surface area contributed by atoms with Crippen LogP contribution in [0.25, 0.3) is 22.3 Å². The Kier molecular flexibility index (Phi) is 5.92. The van der Waals surface area contributed by atoms with Gasteiger partial charge in [0.1, 0.15) is 5.69 Å². The van der Waals surface area contributed by atoms with Crippen LogP contribution in [-0.4, -0.2) is 61.8 Å². The molecule has 1 amide bonds. The number of alkyl halides is 3. The summed E-state index contributed by atoms with van der Waals surface area (Å²) in [6.45, 7) is 1.71. The van der Waals surface area contributed by atoms with E-state index in [0.29, 0.717) is 37.7 Å². The Bertz CT molecular complexity index is 1500. The number of phenolic OH excluding ortho intramolecular Hbond substituents is 1. The third-order valence-corrected chi connectivity index (χ3v) is 6.18. The van der Waals surface area contributed by atoms with Crippen LogP contribution in [0.15, 0.2) is 42.6 Å². The molecule has 13 heteroatoms. The second kappa shape index (κ2) is 8.98. The molecule has 3 heterocycles. The van der Waals surface area contributed by atoms with Crippen molar-refractivity contribution in [3.8, 4) is 17.0 Å².